The molecule has 0 fully saturated rings. The van der Waals surface area contributed by atoms with E-state index in [-0.39, 0.29) is 5.41 Å². The Balaban J connectivity index is 1.40. The lowest BCUT2D eigenvalue weighted by Gasteiger charge is -2.24. The molecule has 0 amide bonds. The lowest BCUT2D eigenvalue weighted by atomic mass is 9.79. The van der Waals surface area contributed by atoms with E-state index >= 15 is 0 Å². The molecule has 49 heavy (non-hydrogen) atoms. The fourth-order valence-corrected chi connectivity index (χ4v) is 8.10. The number of allylic oxidation sites excluding steroid dienone is 3. The number of pyridine rings is 2. The number of fused-ring (bicyclic) bond motifs is 12. The maximum atomic E-state index is 4.63. The van der Waals surface area contributed by atoms with Crippen molar-refractivity contribution in [2.24, 2.45) is 4.99 Å². The minimum Gasteiger partial charge on any atom is -0.309 e. The van der Waals surface area contributed by atoms with Gasteiger partial charge in [0.1, 0.15) is 0 Å². The first-order valence-corrected chi connectivity index (χ1v) is 16.8. The summed E-state index contributed by atoms with van der Waals surface area (Å²) < 4.78 is 2.39. The predicted molar refractivity (Wildman–Crippen MR) is 206 cm³/mol. The van der Waals surface area contributed by atoms with E-state index in [1.54, 1.807) is 6.20 Å². The smallest absolute Gasteiger partial charge is 0.0899 e. The van der Waals surface area contributed by atoms with Crippen LogP contribution in [-0.2, 0) is 11.8 Å². The number of rotatable bonds is 6. The van der Waals surface area contributed by atoms with Crippen molar-refractivity contribution in [3.63, 3.8) is 0 Å². The van der Waals surface area contributed by atoms with Crippen molar-refractivity contribution in [3.05, 3.63) is 168 Å². The first-order chi connectivity index (χ1) is 24.1. The standard InChI is InChI=1S/C45H34N4/c1-45(2)36-24-25-40-41(43(36)42-33-17-6-4-15-31(33)32-16-5-7-18-34(32)44(42)45)35-19-8-9-21-39(35)49(40)30(23-22-29-14-10-12-26-47-29)28-38(46-3)37-20-11-13-27-48-37/h4-21,23-28H,3,22H2,1-2H3/b30-23+,38-28-. The topological polar surface area (TPSA) is 43.1 Å². The molecule has 4 heteroatoms. The number of hydrogen-bond acceptors (Lipinski definition) is 3. The van der Waals surface area contributed by atoms with Gasteiger partial charge in [-0.3, -0.25) is 15.0 Å². The van der Waals surface area contributed by atoms with E-state index in [1.807, 2.05) is 36.5 Å². The molecule has 0 radical (unpaired) electrons. The lowest BCUT2D eigenvalue weighted by molar-refractivity contribution is 0.667. The molecule has 234 valence electrons. The number of hydrogen-bond donors (Lipinski definition) is 0. The van der Waals surface area contributed by atoms with E-state index in [4.69, 9.17) is 0 Å². The molecule has 0 saturated carbocycles. The Morgan fingerprint density at radius 2 is 1.33 bits per heavy atom. The Bertz CT molecular complexity index is 2660. The van der Waals surface area contributed by atoms with Crippen molar-refractivity contribution in [2.45, 2.75) is 25.7 Å². The summed E-state index contributed by atoms with van der Waals surface area (Å²) in [7, 11) is 0. The Labute approximate surface area is 285 Å². The fourth-order valence-electron chi connectivity index (χ4n) is 8.10. The van der Waals surface area contributed by atoms with Gasteiger partial charge in [0.25, 0.3) is 0 Å². The number of benzene rings is 5. The van der Waals surface area contributed by atoms with Gasteiger partial charge in [0.05, 0.1) is 22.4 Å². The minimum atomic E-state index is -0.192. The SMILES string of the molecule is C=N/C(=C\C(=C/Cc1ccccn1)n1c2ccccc2c2c3c(ccc21)C(C)(C)c1c-3c2ccccc2c2ccccc12)c1ccccn1. The van der Waals surface area contributed by atoms with Gasteiger partial charge in [-0.1, -0.05) is 105 Å². The van der Waals surface area contributed by atoms with Crippen LogP contribution in [-0.4, -0.2) is 21.3 Å². The van der Waals surface area contributed by atoms with Crippen molar-refractivity contribution in [3.8, 4) is 11.1 Å². The summed E-state index contributed by atoms with van der Waals surface area (Å²) in [6, 6.07) is 43.2. The summed E-state index contributed by atoms with van der Waals surface area (Å²) in [5, 5.41) is 7.70. The van der Waals surface area contributed by atoms with Crippen LogP contribution in [0.15, 0.2) is 151 Å². The maximum absolute atomic E-state index is 4.63. The first-order valence-electron chi connectivity index (χ1n) is 16.8. The average molecular weight is 631 g/mol. The summed E-state index contributed by atoms with van der Waals surface area (Å²) in [4.78, 5) is 13.7. The number of nitrogens with zero attached hydrogens (tertiary/aromatic N) is 4. The van der Waals surface area contributed by atoms with Crippen LogP contribution < -0.4 is 0 Å². The highest BCUT2D eigenvalue weighted by Crippen LogP contribution is 2.57. The Morgan fingerprint density at radius 3 is 2.04 bits per heavy atom. The second-order valence-corrected chi connectivity index (χ2v) is 13.3. The summed E-state index contributed by atoms with van der Waals surface area (Å²) in [5.74, 6) is 0. The van der Waals surface area contributed by atoms with Gasteiger partial charge in [-0.05, 0) is 93.0 Å². The number of para-hydroxylation sites is 1. The molecule has 0 N–H and O–H groups in total. The zero-order valence-electron chi connectivity index (χ0n) is 27.6. The van der Waals surface area contributed by atoms with Crippen LogP contribution in [0.2, 0.25) is 0 Å². The van der Waals surface area contributed by atoms with Gasteiger partial charge in [0.2, 0.25) is 0 Å². The first kappa shape index (κ1) is 29.0. The van der Waals surface area contributed by atoms with Gasteiger partial charge in [-0.25, -0.2) is 0 Å². The van der Waals surface area contributed by atoms with Crippen LogP contribution in [0.5, 0.6) is 0 Å². The van der Waals surface area contributed by atoms with Crippen molar-refractivity contribution >= 4 is 61.5 Å². The van der Waals surface area contributed by atoms with E-state index in [9.17, 15) is 0 Å². The van der Waals surface area contributed by atoms with Gasteiger partial charge >= 0.3 is 0 Å². The molecule has 0 bridgehead atoms. The maximum Gasteiger partial charge on any atom is 0.0899 e. The third-order valence-corrected chi connectivity index (χ3v) is 10.2. The molecular formula is C45H34N4. The Hall–Kier alpha value is -6.13. The van der Waals surface area contributed by atoms with Crippen LogP contribution in [0.25, 0.3) is 65.9 Å². The average Bonchev–Trinajstić information content (AvgIpc) is 3.61. The minimum absolute atomic E-state index is 0.192. The van der Waals surface area contributed by atoms with Crippen LogP contribution in [0, 0.1) is 0 Å². The molecule has 0 aliphatic heterocycles. The highest BCUT2D eigenvalue weighted by Gasteiger charge is 2.40. The lowest BCUT2D eigenvalue weighted by Crippen LogP contribution is -2.15. The Morgan fingerprint density at radius 1 is 0.673 bits per heavy atom. The number of aliphatic imine (C=N–C) groups is 1. The molecule has 0 saturated heterocycles. The van der Waals surface area contributed by atoms with E-state index < -0.39 is 0 Å². The fraction of sp³-hybridized carbons (Fsp3) is 0.0889. The second kappa shape index (κ2) is 11.2. The molecule has 5 aromatic carbocycles. The monoisotopic (exact) mass is 630 g/mol. The van der Waals surface area contributed by atoms with Crippen LogP contribution in [0.4, 0.5) is 0 Å². The van der Waals surface area contributed by atoms with Crippen LogP contribution in [0.1, 0.15) is 36.4 Å². The van der Waals surface area contributed by atoms with Gasteiger partial charge in [-0.15, -0.1) is 0 Å². The highest BCUT2D eigenvalue weighted by molar-refractivity contribution is 6.25. The quantitative estimate of drug-likeness (QED) is 0.104. The molecule has 9 rings (SSSR count). The van der Waals surface area contributed by atoms with Crippen molar-refractivity contribution < 1.29 is 0 Å². The Kier molecular flexibility index (Phi) is 6.66. The molecule has 4 nitrogen and oxygen atoms in total. The van der Waals surface area contributed by atoms with Gasteiger partial charge < -0.3 is 4.57 Å². The molecule has 1 aliphatic carbocycles. The molecule has 1 aliphatic rings. The van der Waals surface area contributed by atoms with E-state index in [0.717, 1.165) is 28.1 Å². The molecule has 3 aromatic heterocycles. The van der Waals surface area contributed by atoms with Crippen molar-refractivity contribution in [1.82, 2.24) is 14.5 Å². The summed E-state index contributed by atoms with van der Waals surface area (Å²) in [6.45, 7) is 8.73. The molecule has 0 spiro atoms. The van der Waals surface area contributed by atoms with Crippen molar-refractivity contribution in [1.29, 1.82) is 0 Å². The van der Waals surface area contributed by atoms with Gasteiger partial charge in [0.15, 0.2) is 0 Å². The summed E-state index contributed by atoms with van der Waals surface area (Å²) >= 11 is 0. The zero-order valence-corrected chi connectivity index (χ0v) is 27.6. The van der Waals surface area contributed by atoms with Crippen LogP contribution in [0.3, 0.4) is 0 Å². The number of aromatic nitrogens is 3. The van der Waals surface area contributed by atoms with E-state index in [1.165, 1.54) is 54.6 Å². The highest BCUT2D eigenvalue weighted by atomic mass is 15.0. The molecule has 0 unspecified atom stereocenters. The predicted octanol–water partition coefficient (Wildman–Crippen LogP) is 11.0. The third kappa shape index (κ3) is 4.41. The molecule has 3 heterocycles. The third-order valence-electron chi connectivity index (χ3n) is 10.2. The van der Waals surface area contributed by atoms with Crippen LogP contribution >= 0.6 is 0 Å². The molecule has 0 atom stereocenters. The zero-order chi connectivity index (χ0) is 33.1. The summed E-state index contributed by atoms with van der Waals surface area (Å²) in [5.41, 5.74) is 11.0. The normalized spacial score (nSPS) is 14.1. The van der Waals surface area contributed by atoms with Gasteiger partial charge in [-0.2, -0.15) is 0 Å². The molecule has 8 aromatic rings. The van der Waals surface area contributed by atoms with Crippen molar-refractivity contribution in [2.75, 3.05) is 0 Å². The summed E-state index contributed by atoms with van der Waals surface area (Å²) in [6.07, 6.45) is 8.65. The van der Waals surface area contributed by atoms with E-state index in [2.05, 4.69) is 143 Å². The van der Waals surface area contributed by atoms with Gasteiger partial charge in [0, 0.05) is 46.4 Å². The largest absolute Gasteiger partial charge is 0.309 e. The molecular weight excluding hydrogens is 597 g/mol. The second-order valence-electron chi connectivity index (χ2n) is 13.3. The van der Waals surface area contributed by atoms with E-state index in [0.29, 0.717) is 12.1 Å².